The summed E-state index contributed by atoms with van der Waals surface area (Å²) in [4.78, 5) is 35.4. The molecular formula is C25H27F2N3O6. The van der Waals surface area contributed by atoms with Crippen LogP contribution in [-0.2, 0) is 14.3 Å². The lowest BCUT2D eigenvalue weighted by Crippen LogP contribution is -2.46. The topological polar surface area (TPSA) is 121 Å². The number of hydrogen-bond donors (Lipinski definition) is 1. The smallest absolute Gasteiger partial charge is 0.387 e. The minimum absolute atomic E-state index is 0.128. The van der Waals surface area contributed by atoms with Gasteiger partial charge in [-0.1, -0.05) is 31.2 Å². The molecule has 3 rings (SSSR count). The predicted molar refractivity (Wildman–Crippen MR) is 126 cm³/mol. The van der Waals surface area contributed by atoms with Crippen LogP contribution in [0.1, 0.15) is 47.4 Å². The van der Waals surface area contributed by atoms with Crippen molar-refractivity contribution in [2.24, 2.45) is 16.8 Å². The highest BCUT2D eigenvalue weighted by Gasteiger charge is 2.34. The fourth-order valence-corrected chi connectivity index (χ4v) is 4.05. The van der Waals surface area contributed by atoms with Crippen molar-refractivity contribution >= 4 is 23.8 Å². The Kier molecular flexibility index (Phi) is 8.70. The minimum Gasteiger partial charge on any atom is -0.493 e. The zero-order valence-corrected chi connectivity index (χ0v) is 20.0. The van der Waals surface area contributed by atoms with E-state index in [2.05, 4.69) is 14.6 Å². The van der Waals surface area contributed by atoms with Gasteiger partial charge in [0.2, 0.25) is 0 Å². The van der Waals surface area contributed by atoms with Gasteiger partial charge in [0, 0.05) is 17.0 Å². The molecule has 0 saturated heterocycles. The number of carbonyl (C=O) groups excluding carboxylic acids is 3. The number of aldehydes is 1. The van der Waals surface area contributed by atoms with Crippen LogP contribution in [-0.4, -0.2) is 55.6 Å². The number of carbonyl (C=O) groups is 3. The minimum atomic E-state index is -3.04. The summed E-state index contributed by atoms with van der Waals surface area (Å²) in [6.45, 7) is -1.10. The number of Topliss-reactive ketones (excluding diaryl/α,β-unsaturated/α-hetero) is 1. The van der Waals surface area contributed by atoms with Gasteiger partial charge in [-0.3, -0.25) is 9.80 Å². The van der Waals surface area contributed by atoms with Crippen LogP contribution in [0.25, 0.3) is 0 Å². The van der Waals surface area contributed by atoms with E-state index in [4.69, 9.17) is 10.5 Å². The van der Waals surface area contributed by atoms with Crippen molar-refractivity contribution in [3.8, 4) is 11.5 Å². The summed E-state index contributed by atoms with van der Waals surface area (Å²) in [6, 6.07) is 9.96. The molecule has 3 atom stereocenters. The van der Waals surface area contributed by atoms with Crippen LogP contribution in [0, 0.1) is 5.92 Å². The lowest BCUT2D eigenvalue weighted by atomic mass is 9.87. The number of halogens is 2. The molecule has 0 amide bonds. The molecular weight excluding hydrogens is 476 g/mol. The highest BCUT2D eigenvalue weighted by Crippen LogP contribution is 2.35. The number of rotatable bonds is 10. The van der Waals surface area contributed by atoms with Crippen molar-refractivity contribution in [2.45, 2.75) is 38.6 Å². The molecule has 0 radical (unpaired) electrons. The molecule has 2 aromatic carbocycles. The van der Waals surface area contributed by atoms with Gasteiger partial charge in [-0.05, 0) is 36.6 Å². The van der Waals surface area contributed by atoms with E-state index in [0.29, 0.717) is 29.7 Å². The third-order valence-corrected chi connectivity index (χ3v) is 5.97. The van der Waals surface area contributed by atoms with Crippen LogP contribution >= 0.6 is 0 Å². The number of esters is 1. The Morgan fingerprint density at radius 2 is 1.86 bits per heavy atom. The number of nitrogens with zero attached hydrogens (tertiary/aromatic N) is 2. The molecule has 1 heterocycles. The average Bonchev–Trinajstić information content (AvgIpc) is 2.90. The number of hydrazone groups is 1. The van der Waals surface area contributed by atoms with Crippen LogP contribution in [0.3, 0.4) is 0 Å². The highest BCUT2D eigenvalue weighted by atomic mass is 19.3. The van der Waals surface area contributed by atoms with Crippen LogP contribution in [0.2, 0.25) is 0 Å². The molecule has 0 fully saturated rings. The lowest BCUT2D eigenvalue weighted by molar-refractivity contribution is -0.135. The maximum atomic E-state index is 12.9. The zero-order valence-electron chi connectivity index (χ0n) is 20.0. The predicted octanol–water partition coefficient (Wildman–Crippen LogP) is 3.31. The normalized spacial score (nSPS) is 18.3. The first kappa shape index (κ1) is 26.7. The number of hydrogen-bond acceptors (Lipinski definition) is 9. The Morgan fingerprint density at radius 1 is 1.17 bits per heavy atom. The summed E-state index contributed by atoms with van der Waals surface area (Å²) in [5, 5.41) is 6.12. The monoisotopic (exact) mass is 503 g/mol. The van der Waals surface area contributed by atoms with Crippen LogP contribution in [0.4, 0.5) is 8.78 Å². The Morgan fingerprint density at radius 3 is 2.42 bits per heavy atom. The van der Waals surface area contributed by atoms with Gasteiger partial charge < -0.3 is 24.7 Å². The van der Waals surface area contributed by atoms with Gasteiger partial charge in [0.1, 0.15) is 18.5 Å². The third-order valence-electron chi connectivity index (χ3n) is 5.97. The van der Waals surface area contributed by atoms with Crippen LogP contribution < -0.4 is 15.2 Å². The van der Waals surface area contributed by atoms with Crippen molar-refractivity contribution in [3.63, 3.8) is 0 Å². The number of methoxy groups -OCH3 is 2. The quantitative estimate of drug-likeness (QED) is 0.227. The summed E-state index contributed by atoms with van der Waals surface area (Å²) in [6.07, 6.45) is 0.943. The second-order valence-corrected chi connectivity index (χ2v) is 8.04. The van der Waals surface area contributed by atoms with Crippen molar-refractivity contribution in [1.29, 1.82) is 0 Å². The van der Waals surface area contributed by atoms with E-state index in [1.807, 2.05) is 6.92 Å². The maximum Gasteiger partial charge on any atom is 0.387 e. The van der Waals surface area contributed by atoms with Crippen molar-refractivity contribution in [2.75, 3.05) is 14.2 Å². The van der Waals surface area contributed by atoms with E-state index in [-0.39, 0.29) is 23.0 Å². The molecule has 0 aromatic heterocycles. The molecule has 2 aromatic rings. The van der Waals surface area contributed by atoms with Crippen LogP contribution in [0.15, 0.2) is 47.6 Å². The van der Waals surface area contributed by atoms with Gasteiger partial charge in [0.25, 0.3) is 5.78 Å². The molecule has 0 aliphatic carbocycles. The summed E-state index contributed by atoms with van der Waals surface area (Å²) < 4.78 is 40.0. The number of ketones is 1. The number of nitrogens with two attached hydrogens (primary N) is 1. The largest absolute Gasteiger partial charge is 0.493 e. The second-order valence-electron chi connectivity index (χ2n) is 8.04. The van der Waals surface area contributed by atoms with E-state index in [9.17, 15) is 23.2 Å². The zero-order chi connectivity index (χ0) is 26.4. The molecule has 9 nitrogen and oxygen atoms in total. The molecule has 0 spiro atoms. The summed E-state index contributed by atoms with van der Waals surface area (Å²) in [7, 11) is 2.46. The first-order valence-corrected chi connectivity index (χ1v) is 11.2. The highest BCUT2D eigenvalue weighted by molar-refractivity contribution is 6.40. The molecule has 1 aliphatic rings. The third kappa shape index (κ3) is 5.68. The molecule has 2 N–H and O–H groups in total. The van der Waals surface area contributed by atoms with Gasteiger partial charge in [-0.15, -0.1) is 0 Å². The van der Waals surface area contributed by atoms with E-state index in [1.165, 1.54) is 36.4 Å². The first-order chi connectivity index (χ1) is 17.2. The van der Waals surface area contributed by atoms with Gasteiger partial charge in [0.15, 0.2) is 11.5 Å². The fraction of sp³-hybridized carbons (Fsp3) is 0.360. The maximum absolute atomic E-state index is 12.9. The van der Waals surface area contributed by atoms with Gasteiger partial charge >= 0.3 is 12.6 Å². The number of alkyl halides is 2. The lowest BCUT2D eigenvalue weighted by Gasteiger charge is -2.38. The van der Waals surface area contributed by atoms with E-state index in [1.54, 1.807) is 18.2 Å². The Hall–Kier alpha value is -3.86. The summed E-state index contributed by atoms with van der Waals surface area (Å²) >= 11 is 0. The van der Waals surface area contributed by atoms with Crippen molar-refractivity contribution in [3.05, 3.63) is 59.2 Å². The molecule has 3 unspecified atom stereocenters. The van der Waals surface area contributed by atoms with Gasteiger partial charge in [-0.2, -0.15) is 13.9 Å². The Bertz CT molecular complexity index is 1140. The molecule has 36 heavy (non-hydrogen) atoms. The molecule has 11 heteroatoms. The Labute approximate surface area is 206 Å². The van der Waals surface area contributed by atoms with E-state index >= 15 is 0 Å². The molecule has 1 aliphatic heterocycles. The Balaban J connectivity index is 1.99. The number of benzene rings is 2. The van der Waals surface area contributed by atoms with Gasteiger partial charge in [-0.25, -0.2) is 4.79 Å². The van der Waals surface area contributed by atoms with Crippen molar-refractivity contribution in [1.82, 2.24) is 5.01 Å². The SMILES string of the molecule is CCC1CC(C=O)N(C(N)c2ccc(C(=O)C(=O)OC)cc2)N=C1c1ccc(OC)c(OC(F)F)c1. The fourth-order valence-electron chi connectivity index (χ4n) is 4.05. The second kappa shape index (κ2) is 11.7. The number of ether oxygens (including phenoxy) is 3. The van der Waals surface area contributed by atoms with Crippen LogP contribution in [0.5, 0.6) is 11.5 Å². The molecule has 192 valence electrons. The van der Waals surface area contributed by atoms with E-state index < -0.39 is 30.6 Å². The van der Waals surface area contributed by atoms with E-state index in [0.717, 1.165) is 13.4 Å². The van der Waals surface area contributed by atoms with Crippen molar-refractivity contribution < 1.29 is 37.4 Å². The van der Waals surface area contributed by atoms with Gasteiger partial charge in [0.05, 0.1) is 19.9 Å². The molecule has 0 saturated carbocycles. The summed E-state index contributed by atoms with van der Waals surface area (Å²) in [5.74, 6) is -1.92. The summed E-state index contributed by atoms with van der Waals surface area (Å²) in [5.41, 5.74) is 8.21. The standard InChI is InChI=1S/C25H27F2N3O6/c1-4-14-11-18(13-31)30(23(28)16-7-5-15(6-8-16)22(32)24(33)35-3)29-21(14)17-9-10-19(34-2)20(12-17)36-25(26)27/h5-10,12-14,18,23,25H,4,11,28H2,1-3H3. The average molecular weight is 504 g/mol. The molecule has 0 bridgehead atoms. The first-order valence-electron chi connectivity index (χ1n) is 11.2.